The van der Waals surface area contributed by atoms with Crippen LogP contribution in [-0.4, -0.2) is 40.2 Å². The van der Waals surface area contributed by atoms with E-state index in [-0.39, 0.29) is 16.8 Å². The van der Waals surface area contributed by atoms with Crippen LogP contribution in [0.4, 0.5) is 0 Å². The zero-order chi connectivity index (χ0) is 15.6. The second-order valence-electron chi connectivity index (χ2n) is 6.30. The van der Waals surface area contributed by atoms with Crippen molar-refractivity contribution >= 4 is 0 Å². The fourth-order valence-electron chi connectivity index (χ4n) is 3.19. The number of hydrogen-bond acceptors (Lipinski definition) is 4. The van der Waals surface area contributed by atoms with Crippen LogP contribution in [0.5, 0.6) is 0 Å². The lowest BCUT2D eigenvalue weighted by Gasteiger charge is -2.36. The molecular formula is C15H26N4O2. The third-order valence-electron chi connectivity index (χ3n) is 4.87. The maximum Gasteiger partial charge on any atom is 0.330 e. The minimum Gasteiger partial charge on any atom is -0.309 e. The molecule has 1 aromatic heterocycles. The Bertz CT molecular complexity index is 609. The molecule has 0 bridgehead atoms. The molecule has 0 saturated heterocycles. The number of aromatic nitrogens is 2. The van der Waals surface area contributed by atoms with Crippen LogP contribution in [0.2, 0.25) is 0 Å². The van der Waals surface area contributed by atoms with Gasteiger partial charge in [0.15, 0.2) is 0 Å². The van der Waals surface area contributed by atoms with E-state index in [0.29, 0.717) is 6.54 Å². The van der Waals surface area contributed by atoms with E-state index < -0.39 is 0 Å². The van der Waals surface area contributed by atoms with Crippen molar-refractivity contribution < 1.29 is 0 Å². The first-order valence-electron chi connectivity index (χ1n) is 7.51. The first kappa shape index (κ1) is 16.0. The smallest absolute Gasteiger partial charge is 0.309 e. The van der Waals surface area contributed by atoms with Crippen molar-refractivity contribution in [3.05, 3.63) is 32.6 Å². The maximum absolute atomic E-state index is 11.9. The molecule has 0 unspecified atom stereocenters. The molecule has 1 saturated carbocycles. The summed E-state index contributed by atoms with van der Waals surface area (Å²) in [5, 5.41) is 3.43. The van der Waals surface area contributed by atoms with Gasteiger partial charge in [0.05, 0.1) is 0 Å². The quantitative estimate of drug-likeness (QED) is 0.833. The third-order valence-corrected chi connectivity index (χ3v) is 4.87. The van der Waals surface area contributed by atoms with Gasteiger partial charge in [0.2, 0.25) is 0 Å². The average molecular weight is 294 g/mol. The lowest BCUT2D eigenvalue weighted by molar-refractivity contribution is 0.153. The summed E-state index contributed by atoms with van der Waals surface area (Å²) in [4.78, 5) is 25.9. The van der Waals surface area contributed by atoms with Crippen LogP contribution < -0.4 is 16.6 Å². The van der Waals surface area contributed by atoms with Gasteiger partial charge in [0.25, 0.3) is 5.56 Å². The summed E-state index contributed by atoms with van der Waals surface area (Å²) in [5.74, 6) is 0. The van der Waals surface area contributed by atoms with Crippen LogP contribution in [-0.2, 0) is 20.6 Å². The van der Waals surface area contributed by atoms with Gasteiger partial charge in [0, 0.05) is 44.5 Å². The summed E-state index contributed by atoms with van der Waals surface area (Å²) >= 11 is 0. The van der Waals surface area contributed by atoms with Gasteiger partial charge in [-0.25, -0.2) is 4.79 Å². The lowest BCUT2D eigenvalue weighted by atomic mass is 9.96. The van der Waals surface area contributed by atoms with E-state index in [1.165, 1.54) is 43.4 Å². The summed E-state index contributed by atoms with van der Waals surface area (Å²) < 4.78 is 2.66. The fraction of sp³-hybridized carbons (Fsp3) is 0.733. The van der Waals surface area contributed by atoms with E-state index in [4.69, 9.17) is 0 Å². The Balaban J connectivity index is 2.07. The van der Waals surface area contributed by atoms with Gasteiger partial charge in [-0.15, -0.1) is 0 Å². The second-order valence-corrected chi connectivity index (χ2v) is 6.30. The molecule has 2 rings (SSSR count). The fourth-order valence-corrected chi connectivity index (χ4v) is 3.19. The van der Waals surface area contributed by atoms with Gasteiger partial charge in [-0.2, -0.15) is 0 Å². The van der Waals surface area contributed by atoms with Gasteiger partial charge in [-0.1, -0.05) is 12.8 Å². The topological polar surface area (TPSA) is 59.3 Å². The molecule has 1 fully saturated rings. The van der Waals surface area contributed by atoms with Gasteiger partial charge in [-0.3, -0.25) is 13.9 Å². The SMILES string of the molecule is CN(C)C1(CNCc2cc(=O)n(C)c(=O)n2C)CCCC1. The highest BCUT2D eigenvalue weighted by Gasteiger charge is 2.35. The van der Waals surface area contributed by atoms with Crippen LogP contribution in [0, 0.1) is 0 Å². The Hall–Kier alpha value is -1.40. The Labute approximate surface area is 125 Å². The predicted octanol–water partition coefficient (Wildman–Crippen LogP) is 0.0480. The first-order valence-corrected chi connectivity index (χ1v) is 7.51. The van der Waals surface area contributed by atoms with Crippen LogP contribution in [0.25, 0.3) is 0 Å². The summed E-state index contributed by atoms with van der Waals surface area (Å²) in [6, 6.07) is 1.53. The van der Waals surface area contributed by atoms with Gasteiger partial charge in [-0.05, 0) is 26.9 Å². The Morgan fingerprint density at radius 3 is 2.38 bits per heavy atom. The predicted molar refractivity (Wildman–Crippen MR) is 83.5 cm³/mol. The van der Waals surface area contributed by atoms with Crippen LogP contribution in [0.1, 0.15) is 31.4 Å². The van der Waals surface area contributed by atoms with Crippen LogP contribution in [0.3, 0.4) is 0 Å². The number of likely N-dealkylation sites (N-methyl/N-ethyl adjacent to an activating group) is 1. The van der Waals surface area contributed by atoms with Gasteiger partial charge in [0.1, 0.15) is 0 Å². The molecule has 0 radical (unpaired) electrons. The standard InChI is InChI=1S/C15H26N4O2/c1-17(2)15(7-5-6-8-15)11-16-10-12-9-13(20)19(4)14(21)18(12)3/h9,16H,5-8,10-11H2,1-4H3. The molecule has 1 aromatic rings. The number of nitrogens with zero attached hydrogens (tertiary/aromatic N) is 3. The Morgan fingerprint density at radius 2 is 1.81 bits per heavy atom. The van der Waals surface area contributed by atoms with Gasteiger partial charge < -0.3 is 10.2 Å². The van der Waals surface area contributed by atoms with Crippen molar-refractivity contribution in [1.29, 1.82) is 0 Å². The highest BCUT2D eigenvalue weighted by Crippen LogP contribution is 2.33. The van der Waals surface area contributed by atoms with E-state index in [9.17, 15) is 9.59 Å². The molecule has 6 heteroatoms. The van der Waals surface area contributed by atoms with Gasteiger partial charge >= 0.3 is 5.69 Å². The first-order chi connectivity index (χ1) is 9.87. The molecule has 0 amide bonds. The molecule has 0 aliphatic heterocycles. The van der Waals surface area contributed by atoms with Crippen LogP contribution >= 0.6 is 0 Å². The van der Waals surface area contributed by atoms with E-state index in [2.05, 4.69) is 24.3 Å². The van der Waals surface area contributed by atoms with Crippen molar-refractivity contribution in [2.75, 3.05) is 20.6 Å². The number of rotatable bonds is 5. The highest BCUT2D eigenvalue weighted by atomic mass is 16.2. The molecule has 118 valence electrons. The van der Waals surface area contributed by atoms with Crippen molar-refractivity contribution in [1.82, 2.24) is 19.4 Å². The summed E-state index contributed by atoms with van der Waals surface area (Å²) in [7, 11) is 7.46. The molecule has 1 aliphatic carbocycles. The maximum atomic E-state index is 11.9. The summed E-state index contributed by atoms with van der Waals surface area (Å²) in [6.45, 7) is 1.42. The zero-order valence-corrected chi connectivity index (χ0v) is 13.5. The third kappa shape index (κ3) is 3.11. The second kappa shape index (κ2) is 6.15. The molecule has 1 N–H and O–H groups in total. The molecule has 0 spiro atoms. The van der Waals surface area contributed by atoms with E-state index in [1.807, 2.05) is 0 Å². The largest absolute Gasteiger partial charge is 0.330 e. The summed E-state index contributed by atoms with van der Waals surface area (Å²) in [6.07, 6.45) is 4.93. The van der Waals surface area contributed by atoms with Crippen LogP contribution in [0.15, 0.2) is 15.7 Å². The molecule has 6 nitrogen and oxygen atoms in total. The summed E-state index contributed by atoms with van der Waals surface area (Å²) in [5.41, 5.74) is 0.411. The van der Waals surface area contributed by atoms with Crippen molar-refractivity contribution in [3.8, 4) is 0 Å². The minimum absolute atomic E-state index is 0.207. The number of hydrogen-bond donors (Lipinski definition) is 1. The van der Waals surface area contributed by atoms with E-state index in [0.717, 1.165) is 16.8 Å². The normalized spacial score (nSPS) is 17.6. The van der Waals surface area contributed by atoms with Crippen molar-refractivity contribution in [3.63, 3.8) is 0 Å². The Morgan fingerprint density at radius 1 is 1.19 bits per heavy atom. The van der Waals surface area contributed by atoms with E-state index in [1.54, 1.807) is 7.05 Å². The molecule has 21 heavy (non-hydrogen) atoms. The lowest BCUT2D eigenvalue weighted by Crippen LogP contribution is -2.49. The monoisotopic (exact) mass is 294 g/mol. The molecule has 0 atom stereocenters. The number of nitrogens with one attached hydrogen (secondary N) is 1. The highest BCUT2D eigenvalue weighted by molar-refractivity contribution is 5.03. The Kier molecular flexibility index (Phi) is 4.68. The molecular weight excluding hydrogens is 268 g/mol. The molecule has 1 heterocycles. The van der Waals surface area contributed by atoms with Crippen molar-refractivity contribution in [2.45, 2.75) is 37.8 Å². The zero-order valence-electron chi connectivity index (χ0n) is 13.5. The average Bonchev–Trinajstić information content (AvgIpc) is 2.92. The molecule has 1 aliphatic rings. The van der Waals surface area contributed by atoms with E-state index >= 15 is 0 Å². The minimum atomic E-state index is -0.275. The molecule has 0 aromatic carbocycles. The van der Waals surface area contributed by atoms with Crippen molar-refractivity contribution in [2.24, 2.45) is 14.1 Å².